The van der Waals surface area contributed by atoms with Gasteiger partial charge in [0, 0.05) is 49.8 Å². The van der Waals surface area contributed by atoms with Gasteiger partial charge in [-0.25, -0.2) is 10.9 Å². The third-order valence-corrected chi connectivity index (χ3v) is 7.00. The minimum Gasteiger partial charge on any atom is -0.342 e. The van der Waals surface area contributed by atoms with Crippen LogP contribution in [0, 0.1) is 0 Å². The molecule has 3 heterocycles. The van der Waals surface area contributed by atoms with Gasteiger partial charge in [-0.1, -0.05) is 40.9 Å². The number of rotatable bonds is 4. The molecule has 164 valence electrons. The molecule has 3 aliphatic rings. The Labute approximate surface area is 187 Å². The maximum Gasteiger partial charge on any atom is 0.241 e. The molecule has 1 aromatic rings. The van der Waals surface area contributed by atoms with Crippen LogP contribution in [-0.2, 0) is 9.59 Å². The highest BCUT2D eigenvalue weighted by Gasteiger charge is 2.34. The topological polar surface area (TPSA) is 67.9 Å². The summed E-state index contributed by atoms with van der Waals surface area (Å²) < 4.78 is 1.05. The minimum absolute atomic E-state index is 0.139. The number of benzene rings is 1. The maximum atomic E-state index is 13.0. The van der Waals surface area contributed by atoms with Crippen LogP contribution in [0.5, 0.6) is 0 Å². The molecule has 0 bridgehead atoms. The van der Waals surface area contributed by atoms with E-state index in [2.05, 4.69) is 43.8 Å². The van der Waals surface area contributed by atoms with Gasteiger partial charge < -0.3 is 9.80 Å². The first-order chi connectivity index (χ1) is 14.6. The fourth-order valence-electron chi connectivity index (χ4n) is 4.59. The number of hydrogen-bond donors (Lipinski definition) is 2. The molecule has 2 N–H and O–H groups in total. The van der Waals surface area contributed by atoms with Crippen LogP contribution >= 0.6 is 15.9 Å². The van der Waals surface area contributed by atoms with Crippen LogP contribution in [0.25, 0.3) is 0 Å². The Morgan fingerprint density at radius 2 is 1.53 bits per heavy atom. The molecule has 2 atom stereocenters. The quantitative estimate of drug-likeness (QED) is 0.692. The van der Waals surface area contributed by atoms with Crippen molar-refractivity contribution in [1.82, 2.24) is 25.6 Å². The van der Waals surface area contributed by atoms with Gasteiger partial charge in [-0.05, 0) is 37.0 Å². The Hall–Kier alpha value is -1.48. The molecule has 2 amide bonds. The molecule has 4 rings (SSSR count). The third-order valence-electron chi connectivity index (χ3n) is 6.48. The Morgan fingerprint density at radius 1 is 0.867 bits per heavy atom. The van der Waals surface area contributed by atoms with Crippen molar-refractivity contribution in [3.63, 3.8) is 0 Å². The fourth-order valence-corrected chi connectivity index (χ4v) is 4.85. The smallest absolute Gasteiger partial charge is 0.241 e. The second-order valence-electron chi connectivity index (χ2n) is 8.58. The van der Waals surface area contributed by atoms with Crippen LogP contribution in [0.15, 0.2) is 28.7 Å². The molecular weight excluding hydrogens is 446 g/mol. The summed E-state index contributed by atoms with van der Waals surface area (Å²) in [5, 5.41) is 0. The second-order valence-corrected chi connectivity index (χ2v) is 9.49. The first-order valence-electron chi connectivity index (χ1n) is 11.2. The van der Waals surface area contributed by atoms with E-state index in [-0.39, 0.29) is 23.9 Å². The number of nitrogens with zero attached hydrogens (tertiary/aromatic N) is 3. The molecule has 0 aliphatic carbocycles. The maximum absolute atomic E-state index is 13.0. The van der Waals surface area contributed by atoms with Crippen LogP contribution < -0.4 is 10.9 Å². The van der Waals surface area contributed by atoms with Gasteiger partial charge in [0.05, 0.1) is 6.54 Å². The lowest BCUT2D eigenvalue weighted by Gasteiger charge is -2.36. The lowest BCUT2D eigenvalue weighted by molar-refractivity contribution is -0.136. The average molecular weight is 478 g/mol. The van der Waals surface area contributed by atoms with Crippen molar-refractivity contribution in [2.24, 2.45) is 0 Å². The number of hydrazine groups is 1. The van der Waals surface area contributed by atoms with Gasteiger partial charge in [0.15, 0.2) is 0 Å². The molecule has 0 radical (unpaired) electrons. The number of carbonyl (C=O) groups excluding carboxylic acids is 2. The Bertz CT molecular complexity index is 728. The number of hydrogen-bond acceptors (Lipinski definition) is 5. The summed E-state index contributed by atoms with van der Waals surface area (Å²) in [4.78, 5) is 31.8. The Balaban J connectivity index is 1.22. The highest BCUT2D eigenvalue weighted by molar-refractivity contribution is 9.10. The standard InChI is InChI=1S/C22H32BrN5O2/c23-18-7-5-17(6-8-18)19-15-20(25-24-19)22(30)28-13-11-26(12-14-28)16-21(29)27-9-3-1-2-4-10-27/h5-8,19-20,24-25H,1-4,9-16H2. The Kier molecular flexibility index (Phi) is 7.41. The van der Waals surface area contributed by atoms with Crippen molar-refractivity contribution in [2.75, 3.05) is 45.8 Å². The lowest BCUT2D eigenvalue weighted by atomic mass is 10.0. The SMILES string of the molecule is O=C(CN1CCN(C(=O)C2CC(c3ccc(Br)cc3)NN2)CC1)N1CCCCCC1. The number of piperazine rings is 1. The zero-order chi connectivity index (χ0) is 20.9. The van der Waals surface area contributed by atoms with E-state index in [0.717, 1.165) is 49.9 Å². The van der Waals surface area contributed by atoms with Gasteiger partial charge in [-0.15, -0.1) is 0 Å². The molecule has 3 aliphatic heterocycles. The molecular formula is C22H32BrN5O2. The molecule has 8 heteroatoms. The van der Waals surface area contributed by atoms with Crippen LogP contribution in [0.4, 0.5) is 0 Å². The lowest BCUT2D eigenvalue weighted by Crippen LogP contribution is -2.55. The van der Waals surface area contributed by atoms with Crippen molar-refractivity contribution in [3.8, 4) is 0 Å². The van der Waals surface area contributed by atoms with E-state index in [1.807, 2.05) is 21.9 Å². The molecule has 2 unspecified atom stereocenters. The van der Waals surface area contributed by atoms with Crippen molar-refractivity contribution in [3.05, 3.63) is 34.3 Å². The summed E-state index contributed by atoms with van der Waals surface area (Å²) in [6.07, 6.45) is 5.46. The van der Waals surface area contributed by atoms with Crippen LogP contribution in [-0.4, -0.2) is 78.4 Å². The summed E-state index contributed by atoms with van der Waals surface area (Å²) >= 11 is 3.46. The van der Waals surface area contributed by atoms with Crippen LogP contribution in [0.1, 0.15) is 43.7 Å². The molecule has 3 saturated heterocycles. The molecule has 0 saturated carbocycles. The molecule has 0 spiro atoms. The van der Waals surface area contributed by atoms with Gasteiger partial charge in [-0.2, -0.15) is 0 Å². The monoisotopic (exact) mass is 477 g/mol. The van der Waals surface area contributed by atoms with Crippen molar-refractivity contribution < 1.29 is 9.59 Å². The first-order valence-corrected chi connectivity index (χ1v) is 11.9. The zero-order valence-electron chi connectivity index (χ0n) is 17.5. The van der Waals surface area contributed by atoms with E-state index >= 15 is 0 Å². The number of carbonyl (C=O) groups is 2. The number of likely N-dealkylation sites (tertiary alicyclic amines) is 1. The van der Waals surface area contributed by atoms with Crippen molar-refractivity contribution >= 4 is 27.7 Å². The third kappa shape index (κ3) is 5.41. The number of nitrogens with one attached hydrogen (secondary N) is 2. The van der Waals surface area contributed by atoms with Gasteiger partial charge in [0.2, 0.25) is 11.8 Å². The molecule has 1 aromatic carbocycles. The summed E-state index contributed by atoms with van der Waals surface area (Å²) in [6.45, 7) is 5.19. The highest BCUT2D eigenvalue weighted by atomic mass is 79.9. The molecule has 30 heavy (non-hydrogen) atoms. The number of halogens is 1. The van der Waals surface area contributed by atoms with E-state index in [0.29, 0.717) is 19.6 Å². The van der Waals surface area contributed by atoms with Gasteiger partial charge >= 0.3 is 0 Å². The van der Waals surface area contributed by atoms with Crippen molar-refractivity contribution in [2.45, 2.75) is 44.2 Å². The fraction of sp³-hybridized carbons (Fsp3) is 0.636. The van der Waals surface area contributed by atoms with E-state index in [9.17, 15) is 9.59 Å². The summed E-state index contributed by atoms with van der Waals surface area (Å²) in [6, 6.07) is 8.15. The van der Waals surface area contributed by atoms with Crippen LogP contribution in [0.2, 0.25) is 0 Å². The predicted molar refractivity (Wildman–Crippen MR) is 120 cm³/mol. The van der Waals surface area contributed by atoms with E-state index in [1.54, 1.807) is 0 Å². The average Bonchev–Trinajstić information content (AvgIpc) is 3.09. The van der Waals surface area contributed by atoms with Gasteiger partial charge in [-0.3, -0.25) is 14.5 Å². The van der Waals surface area contributed by atoms with Gasteiger partial charge in [0.25, 0.3) is 0 Å². The Morgan fingerprint density at radius 3 is 2.20 bits per heavy atom. The minimum atomic E-state index is -0.205. The van der Waals surface area contributed by atoms with E-state index in [1.165, 1.54) is 18.4 Å². The van der Waals surface area contributed by atoms with Crippen LogP contribution in [0.3, 0.4) is 0 Å². The normalized spacial score (nSPS) is 25.9. The van der Waals surface area contributed by atoms with Gasteiger partial charge in [0.1, 0.15) is 6.04 Å². The largest absolute Gasteiger partial charge is 0.342 e. The molecule has 3 fully saturated rings. The predicted octanol–water partition coefficient (Wildman–Crippen LogP) is 1.90. The van der Waals surface area contributed by atoms with E-state index < -0.39 is 0 Å². The summed E-state index contributed by atoms with van der Waals surface area (Å²) in [5.74, 6) is 0.399. The molecule has 0 aromatic heterocycles. The first kappa shape index (κ1) is 21.7. The van der Waals surface area contributed by atoms with Crippen molar-refractivity contribution in [1.29, 1.82) is 0 Å². The summed E-state index contributed by atoms with van der Waals surface area (Å²) in [5.41, 5.74) is 7.63. The zero-order valence-corrected chi connectivity index (χ0v) is 19.1. The number of amides is 2. The second kappa shape index (κ2) is 10.2. The van der Waals surface area contributed by atoms with E-state index in [4.69, 9.17) is 0 Å². The summed E-state index contributed by atoms with van der Waals surface area (Å²) in [7, 11) is 0. The highest BCUT2D eigenvalue weighted by Crippen LogP contribution is 2.24. The molecule has 7 nitrogen and oxygen atoms in total.